The van der Waals surface area contributed by atoms with Crippen molar-refractivity contribution >= 4 is 11.6 Å². The summed E-state index contributed by atoms with van der Waals surface area (Å²) >= 11 is 0. The molecule has 0 spiro atoms. The minimum absolute atomic E-state index is 0.0252. The van der Waals surface area contributed by atoms with E-state index in [1.165, 1.54) is 0 Å². The third kappa shape index (κ3) is 8.65. The van der Waals surface area contributed by atoms with Crippen molar-refractivity contribution in [2.75, 3.05) is 19.5 Å². The van der Waals surface area contributed by atoms with E-state index in [9.17, 15) is 4.79 Å². The van der Waals surface area contributed by atoms with E-state index in [4.69, 9.17) is 15.2 Å². The lowest BCUT2D eigenvalue weighted by molar-refractivity contribution is -0.131. The minimum Gasteiger partial charge on any atom is -0.494 e. The summed E-state index contributed by atoms with van der Waals surface area (Å²) in [4.78, 5) is 12.6. The van der Waals surface area contributed by atoms with Crippen molar-refractivity contribution in [3.63, 3.8) is 0 Å². The van der Waals surface area contributed by atoms with Crippen LogP contribution in [0.1, 0.15) is 66.2 Å². The summed E-state index contributed by atoms with van der Waals surface area (Å²) in [6.45, 7) is 8.83. The quantitative estimate of drug-likeness (QED) is 0.390. The number of carbonyl (C=O) groups excluding carboxylic acids is 1. The standard InChI is InChI=1S/C22H38N2O3/c1-6-20(26-5)17(2)24-21(25)22(3,4)15-9-7-8-10-16-27-19-13-11-18(23)12-14-19/h11-14,17,20H,6-10,15-16,23H2,1-5H3,(H,24,25). The number of ether oxygens (including phenoxy) is 2. The SMILES string of the molecule is CCC(OC)C(C)NC(=O)C(C)(C)CCCCCCOc1ccc(N)cc1. The first-order valence-electron chi connectivity index (χ1n) is 10.1. The van der Waals surface area contributed by atoms with Gasteiger partial charge in [0.2, 0.25) is 5.91 Å². The summed E-state index contributed by atoms with van der Waals surface area (Å²) in [5, 5.41) is 3.11. The molecule has 0 fully saturated rings. The lowest BCUT2D eigenvalue weighted by atomic mass is 9.85. The molecule has 0 bridgehead atoms. The zero-order valence-electron chi connectivity index (χ0n) is 17.7. The Balaban J connectivity index is 2.19. The number of rotatable bonds is 13. The number of carbonyl (C=O) groups is 1. The molecule has 1 rings (SSSR count). The highest BCUT2D eigenvalue weighted by molar-refractivity contribution is 5.82. The normalized spacial score (nSPS) is 13.8. The van der Waals surface area contributed by atoms with Gasteiger partial charge in [-0.1, -0.05) is 40.0 Å². The molecule has 2 atom stereocenters. The maximum absolute atomic E-state index is 12.6. The topological polar surface area (TPSA) is 73.6 Å². The highest BCUT2D eigenvalue weighted by Gasteiger charge is 2.29. The van der Waals surface area contributed by atoms with Gasteiger partial charge in [-0.2, -0.15) is 0 Å². The monoisotopic (exact) mass is 378 g/mol. The number of anilines is 1. The van der Waals surface area contributed by atoms with Gasteiger partial charge in [-0.05, 0) is 50.5 Å². The third-order valence-corrected chi connectivity index (χ3v) is 5.08. The third-order valence-electron chi connectivity index (χ3n) is 5.08. The summed E-state index contributed by atoms with van der Waals surface area (Å²) in [5.41, 5.74) is 6.04. The molecule has 1 aromatic carbocycles. The highest BCUT2D eigenvalue weighted by atomic mass is 16.5. The first kappa shape index (κ1) is 23.3. The molecule has 5 heteroatoms. The van der Waals surface area contributed by atoms with Crippen LogP contribution in [0.2, 0.25) is 0 Å². The number of hydrogen-bond donors (Lipinski definition) is 2. The molecule has 154 valence electrons. The van der Waals surface area contributed by atoms with Crippen LogP contribution in [0.3, 0.4) is 0 Å². The Labute approximate surface area is 165 Å². The Morgan fingerprint density at radius 1 is 1.15 bits per heavy atom. The molecule has 0 aliphatic heterocycles. The van der Waals surface area contributed by atoms with Crippen LogP contribution in [0.25, 0.3) is 0 Å². The van der Waals surface area contributed by atoms with Gasteiger partial charge in [0.15, 0.2) is 0 Å². The van der Waals surface area contributed by atoms with Crippen LogP contribution in [0.15, 0.2) is 24.3 Å². The van der Waals surface area contributed by atoms with Crippen LogP contribution in [0, 0.1) is 5.41 Å². The van der Waals surface area contributed by atoms with Crippen molar-refractivity contribution in [1.29, 1.82) is 0 Å². The maximum atomic E-state index is 12.6. The van der Waals surface area contributed by atoms with Gasteiger partial charge < -0.3 is 20.5 Å². The summed E-state index contributed by atoms with van der Waals surface area (Å²) < 4.78 is 11.1. The van der Waals surface area contributed by atoms with Crippen molar-refractivity contribution < 1.29 is 14.3 Å². The molecule has 3 N–H and O–H groups in total. The zero-order valence-corrected chi connectivity index (χ0v) is 17.7. The molecule has 1 amide bonds. The smallest absolute Gasteiger partial charge is 0.225 e. The number of methoxy groups -OCH3 is 1. The molecule has 0 radical (unpaired) electrons. The number of unbranched alkanes of at least 4 members (excludes halogenated alkanes) is 3. The molecule has 27 heavy (non-hydrogen) atoms. The zero-order chi connectivity index (χ0) is 20.3. The van der Waals surface area contributed by atoms with Crippen LogP contribution in [0.5, 0.6) is 5.75 Å². The van der Waals surface area contributed by atoms with Crippen LogP contribution < -0.4 is 15.8 Å². The van der Waals surface area contributed by atoms with Crippen LogP contribution in [-0.4, -0.2) is 31.8 Å². The summed E-state index contributed by atoms with van der Waals surface area (Å²) in [6, 6.07) is 7.50. The number of nitrogen functional groups attached to an aromatic ring is 1. The Kier molecular flexibility index (Phi) is 10.2. The second-order valence-electron chi connectivity index (χ2n) is 7.91. The van der Waals surface area contributed by atoms with Crippen molar-refractivity contribution in [2.45, 2.75) is 78.4 Å². The lowest BCUT2D eigenvalue weighted by Crippen LogP contribution is -2.47. The van der Waals surface area contributed by atoms with Crippen LogP contribution in [0.4, 0.5) is 5.69 Å². The van der Waals surface area contributed by atoms with Gasteiger partial charge in [0.25, 0.3) is 0 Å². The maximum Gasteiger partial charge on any atom is 0.225 e. The molecule has 5 nitrogen and oxygen atoms in total. The lowest BCUT2D eigenvalue weighted by Gasteiger charge is -2.29. The highest BCUT2D eigenvalue weighted by Crippen LogP contribution is 2.25. The molecule has 0 aliphatic carbocycles. The van der Waals surface area contributed by atoms with E-state index in [1.807, 2.05) is 45.0 Å². The Morgan fingerprint density at radius 2 is 1.78 bits per heavy atom. The fourth-order valence-electron chi connectivity index (χ4n) is 3.11. The van der Waals surface area contributed by atoms with Gasteiger partial charge >= 0.3 is 0 Å². The second kappa shape index (κ2) is 11.9. The predicted octanol–water partition coefficient (Wildman–Crippen LogP) is 4.55. The van der Waals surface area contributed by atoms with Crippen molar-refractivity contribution in [3.8, 4) is 5.75 Å². The average molecular weight is 379 g/mol. The van der Waals surface area contributed by atoms with E-state index < -0.39 is 0 Å². The Hall–Kier alpha value is -1.75. The first-order chi connectivity index (χ1) is 12.8. The molecular weight excluding hydrogens is 340 g/mol. The summed E-state index contributed by atoms with van der Waals surface area (Å²) in [7, 11) is 1.69. The van der Waals surface area contributed by atoms with Crippen molar-refractivity contribution in [2.24, 2.45) is 5.41 Å². The number of amides is 1. The van der Waals surface area contributed by atoms with Crippen molar-refractivity contribution in [1.82, 2.24) is 5.32 Å². The molecule has 0 aliphatic rings. The van der Waals surface area contributed by atoms with E-state index in [1.54, 1.807) is 7.11 Å². The molecule has 1 aromatic rings. The number of nitrogens with two attached hydrogens (primary N) is 1. The van der Waals surface area contributed by atoms with E-state index >= 15 is 0 Å². The molecular formula is C22H38N2O3. The molecule has 0 heterocycles. The van der Waals surface area contributed by atoms with E-state index in [0.29, 0.717) is 6.61 Å². The molecule has 0 saturated carbocycles. The van der Waals surface area contributed by atoms with E-state index in [0.717, 1.165) is 50.0 Å². The molecule has 2 unspecified atom stereocenters. The molecule has 0 saturated heterocycles. The number of benzene rings is 1. The van der Waals surface area contributed by atoms with Gasteiger partial charge in [0, 0.05) is 18.2 Å². The van der Waals surface area contributed by atoms with Gasteiger partial charge in [-0.25, -0.2) is 0 Å². The predicted molar refractivity (Wildman–Crippen MR) is 112 cm³/mol. The van der Waals surface area contributed by atoms with E-state index in [2.05, 4.69) is 12.2 Å². The fraction of sp³-hybridized carbons (Fsp3) is 0.682. The number of hydrogen-bond acceptors (Lipinski definition) is 4. The number of nitrogens with one attached hydrogen (secondary N) is 1. The summed E-state index contributed by atoms with van der Waals surface area (Å²) in [6.07, 6.45) is 6.09. The Morgan fingerprint density at radius 3 is 2.37 bits per heavy atom. The van der Waals surface area contributed by atoms with Gasteiger partial charge in [0.05, 0.1) is 18.8 Å². The van der Waals surface area contributed by atoms with Crippen molar-refractivity contribution in [3.05, 3.63) is 24.3 Å². The average Bonchev–Trinajstić information content (AvgIpc) is 2.63. The van der Waals surface area contributed by atoms with Gasteiger partial charge in [-0.3, -0.25) is 4.79 Å². The van der Waals surface area contributed by atoms with Crippen LogP contribution >= 0.6 is 0 Å². The largest absolute Gasteiger partial charge is 0.494 e. The van der Waals surface area contributed by atoms with E-state index in [-0.39, 0.29) is 23.5 Å². The van der Waals surface area contributed by atoms with Crippen LogP contribution in [-0.2, 0) is 9.53 Å². The second-order valence-corrected chi connectivity index (χ2v) is 7.91. The van der Waals surface area contributed by atoms with Gasteiger partial charge in [-0.15, -0.1) is 0 Å². The summed E-state index contributed by atoms with van der Waals surface area (Å²) in [5.74, 6) is 0.967. The Bertz CT molecular complexity index is 539. The van der Waals surface area contributed by atoms with Gasteiger partial charge in [0.1, 0.15) is 5.75 Å². The first-order valence-corrected chi connectivity index (χ1v) is 10.1. The minimum atomic E-state index is -0.360. The molecule has 0 aromatic heterocycles. The fourth-order valence-corrected chi connectivity index (χ4v) is 3.11.